The van der Waals surface area contributed by atoms with Crippen molar-refractivity contribution in [1.29, 1.82) is 0 Å². The van der Waals surface area contributed by atoms with Gasteiger partial charge >= 0.3 is 0 Å². The maximum Gasteiger partial charge on any atom is -0.00489 e. The van der Waals surface area contributed by atoms with Gasteiger partial charge in [-0.2, -0.15) is 0 Å². The van der Waals surface area contributed by atoms with Crippen LogP contribution >= 0.6 is 0 Å². The van der Waals surface area contributed by atoms with Crippen molar-refractivity contribution in [3.05, 3.63) is 12.2 Å². The topological polar surface area (TPSA) is 12.0 Å². The monoisotopic (exact) mass is 197 g/mol. The van der Waals surface area contributed by atoms with Gasteiger partial charge in [0.1, 0.15) is 0 Å². The molecule has 1 nitrogen and oxygen atoms in total. The molecule has 0 heterocycles. The summed E-state index contributed by atoms with van der Waals surface area (Å²) in [5, 5.41) is 3.38. The summed E-state index contributed by atoms with van der Waals surface area (Å²) < 4.78 is 0. The van der Waals surface area contributed by atoms with Gasteiger partial charge < -0.3 is 5.32 Å². The highest BCUT2D eigenvalue weighted by Gasteiger charge is 2.05. The number of allylic oxidation sites excluding steroid dienone is 1. The molecular weight excluding hydrogens is 170 g/mol. The van der Waals surface area contributed by atoms with Crippen LogP contribution in [0.15, 0.2) is 12.2 Å². The van der Waals surface area contributed by atoms with Gasteiger partial charge in [0.25, 0.3) is 0 Å². The van der Waals surface area contributed by atoms with E-state index < -0.39 is 0 Å². The van der Waals surface area contributed by atoms with Crippen LogP contribution in [0.5, 0.6) is 0 Å². The van der Waals surface area contributed by atoms with Crippen molar-refractivity contribution in [3.8, 4) is 0 Å². The van der Waals surface area contributed by atoms with Crippen molar-refractivity contribution >= 4 is 0 Å². The summed E-state index contributed by atoms with van der Waals surface area (Å²) in [5.74, 6) is 0.908. The zero-order chi connectivity index (χ0) is 10.8. The molecule has 0 aliphatic heterocycles. The van der Waals surface area contributed by atoms with Gasteiger partial charge in [0, 0.05) is 0 Å². The van der Waals surface area contributed by atoms with E-state index >= 15 is 0 Å². The first-order chi connectivity index (χ1) is 6.70. The molecule has 1 N–H and O–H groups in total. The van der Waals surface area contributed by atoms with E-state index in [4.69, 9.17) is 0 Å². The third-order valence-corrected chi connectivity index (χ3v) is 2.77. The minimum Gasteiger partial charge on any atom is -0.317 e. The summed E-state index contributed by atoms with van der Waals surface area (Å²) in [7, 11) is 0. The Morgan fingerprint density at radius 1 is 1.29 bits per heavy atom. The van der Waals surface area contributed by atoms with E-state index in [0.717, 1.165) is 12.5 Å². The van der Waals surface area contributed by atoms with E-state index in [1.807, 2.05) is 0 Å². The summed E-state index contributed by atoms with van der Waals surface area (Å²) in [5.41, 5.74) is 1.33. The molecule has 0 saturated heterocycles. The predicted octanol–water partition coefficient (Wildman–Crippen LogP) is 3.76. The van der Waals surface area contributed by atoms with E-state index in [2.05, 4.69) is 32.7 Å². The fourth-order valence-corrected chi connectivity index (χ4v) is 1.70. The smallest absolute Gasteiger partial charge is 0.00489 e. The highest BCUT2D eigenvalue weighted by Crippen LogP contribution is 2.19. The quantitative estimate of drug-likeness (QED) is 0.438. The third-order valence-electron chi connectivity index (χ3n) is 2.77. The fourth-order valence-electron chi connectivity index (χ4n) is 1.70. The zero-order valence-electron chi connectivity index (χ0n) is 10.2. The molecule has 0 radical (unpaired) electrons. The molecule has 0 amide bonds. The summed E-state index contributed by atoms with van der Waals surface area (Å²) in [6.45, 7) is 12.8. The lowest BCUT2D eigenvalue weighted by atomic mass is 9.93. The summed E-state index contributed by atoms with van der Waals surface area (Å²) in [6, 6.07) is 0. The number of rotatable bonds is 9. The molecule has 0 bridgehead atoms. The Hall–Kier alpha value is -0.300. The Morgan fingerprint density at radius 2 is 2.00 bits per heavy atom. The van der Waals surface area contributed by atoms with Crippen LogP contribution in [0.25, 0.3) is 0 Å². The predicted molar refractivity (Wildman–Crippen MR) is 65.6 cm³/mol. The van der Waals surface area contributed by atoms with Gasteiger partial charge in [-0.05, 0) is 51.6 Å². The molecule has 14 heavy (non-hydrogen) atoms. The van der Waals surface area contributed by atoms with Crippen molar-refractivity contribution in [2.75, 3.05) is 13.1 Å². The number of hydrogen-bond donors (Lipinski definition) is 1. The molecule has 0 saturated carbocycles. The van der Waals surface area contributed by atoms with E-state index in [9.17, 15) is 0 Å². The standard InChI is InChI=1S/C13H27N/c1-5-13(10-9-12(3)4)8-7-11-14-6-2/h13-14H,3,5-11H2,1-2,4H3/t13-/m0/s1. The van der Waals surface area contributed by atoms with Gasteiger partial charge in [0.2, 0.25) is 0 Å². The number of nitrogens with one attached hydrogen (secondary N) is 1. The SMILES string of the molecule is C=C(C)CC[C@@H](CC)CCCNCC. The van der Waals surface area contributed by atoms with Crippen LogP contribution in [0.4, 0.5) is 0 Å². The number of hydrogen-bond acceptors (Lipinski definition) is 1. The van der Waals surface area contributed by atoms with Crippen molar-refractivity contribution < 1.29 is 0 Å². The second-order valence-corrected chi connectivity index (χ2v) is 4.27. The first kappa shape index (κ1) is 13.7. The molecule has 1 atom stereocenters. The molecule has 0 fully saturated rings. The van der Waals surface area contributed by atoms with E-state index in [0.29, 0.717) is 0 Å². The molecular formula is C13H27N. The Balaban J connectivity index is 3.42. The zero-order valence-corrected chi connectivity index (χ0v) is 10.2. The molecule has 84 valence electrons. The normalized spacial score (nSPS) is 12.8. The minimum absolute atomic E-state index is 0.908. The molecule has 1 heteroatoms. The van der Waals surface area contributed by atoms with Crippen LogP contribution < -0.4 is 5.32 Å². The van der Waals surface area contributed by atoms with Gasteiger partial charge in [-0.15, -0.1) is 6.58 Å². The largest absolute Gasteiger partial charge is 0.317 e. The van der Waals surface area contributed by atoms with Gasteiger partial charge in [0.15, 0.2) is 0 Å². The Bertz CT molecular complexity index is 140. The summed E-state index contributed by atoms with van der Waals surface area (Å²) in [6.07, 6.45) is 6.55. The average Bonchev–Trinajstić information content (AvgIpc) is 2.16. The Morgan fingerprint density at radius 3 is 2.50 bits per heavy atom. The van der Waals surface area contributed by atoms with E-state index in [-0.39, 0.29) is 0 Å². The van der Waals surface area contributed by atoms with Crippen molar-refractivity contribution in [2.45, 2.75) is 52.9 Å². The molecule has 0 spiro atoms. The average molecular weight is 197 g/mol. The molecule has 0 aromatic carbocycles. The molecule has 0 aromatic rings. The lowest BCUT2D eigenvalue weighted by Gasteiger charge is -2.14. The first-order valence-electron chi connectivity index (χ1n) is 6.05. The second kappa shape index (κ2) is 9.26. The van der Waals surface area contributed by atoms with Crippen LogP contribution in [-0.2, 0) is 0 Å². The van der Waals surface area contributed by atoms with Crippen LogP contribution in [0, 0.1) is 5.92 Å². The fraction of sp³-hybridized carbons (Fsp3) is 0.846. The van der Waals surface area contributed by atoms with Crippen LogP contribution in [0.2, 0.25) is 0 Å². The molecule has 0 aliphatic rings. The Labute approximate surface area is 90.0 Å². The van der Waals surface area contributed by atoms with Crippen molar-refractivity contribution in [3.63, 3.8) is 0 Å². The minimum atomic E-state index is 0.908. The van der Waals surface area contributed by atoms with E-state index in [1.54, 1.807) is 0 Å². The maximum absolute atomic E-state index is 3.96. The second-order valence-electron chi connectivity index (χ2n) is 4.27. The third kappa shape index (κ3) is 8.31. The van der Waals surface area contributed by atoms with E-state index in [1.165, 1.54) is 44.2 Å². The van der Waals surface area contributed by atoms with Crippen LogP contribution in [0.3, 0.4) is 0 Å². The molecule has 0 aromatic heterocycles. The highest BCUT2D eigenvalue weighted by atomic mass is 14.8. The molecule has 0 aliphatic carbocycles. The highest BCUT2D eigenvalue weighted by molar-refractivity contribution is 4.88. The first-order valence-corrected chi connectivity index (χ1v) is 6.05. The maximum atomic E-state index is 3.96. The van der Waals surface area contributed by atoms with Gasteiger partial charge in [-0.25, -0.2) is 0 Å². The summed E-state index contributed by atoms with van der Waals surface area (Å²) >= 11 is 0. The van der Waals surface area contributed by atoms with Crippen molar-refractivity contribution in [2.24, 2.45) is 5.92 Å². The lowest BCUT2D eigenvalue weighted by molar-refractivity contribution is 0.418. The summed E-state index contributed by atoms with van der Waals surface area (Å²) in [4.78, 5) is 0. The van der Waals surface area contributed by atoms with Crippen molar-refractivity contribution in [1.82, 2.24) is 5.32 Å². The lowest BCUT2D eigenvalue weighted by Crippen LogP contribution is -2.15. The molecule has 0 rings (SSSR count). The van der Waals surface area contributed by atoms with Gasteiger partial charge in [-0.3, -0.25) is 0 Å². The molecule has 0 unspecified atom stereocenters. The van der Waals surface area contributed by atoms with Crippen LogP contribution in [0.1, 0.15) is 52.9 Å². The van der Waals surface area contributed by atoms with Crippen LogP contribution in [-0.4, -0.2) is 13.1 Å². The Kier molecular flexibility index (Phi) is 9.06. The van der Waals surface area contributed by atoms with Gasteiger partial charge in [0.05, 0.1) is 0 Å². The van der Waals surface area contributed by atoms with Gasteiger partial charge in [-0.1, -0.05) is 25.8 Å².